The molecule has 0 unspecified atom stereocenters. The molecule has 0 aromatic carbocycles. The van der Waals surface area contributed by atoms with Crippen LogP contribution in [-0.4, -0.2) is 15.1 Å². The Morgan fingerprint density at radius 3 is 2.90 bits per heavy atom. The van der Waals surface area contributed by atoms with Crippen LogP contribution >= 0.6 is 0 Å². The minimum absolute atomic E-state index is 0.438. The summed E-state index contributed by atoms with van der Waals surface area (Å²) in [7, 11) is 0. The highest BCUT2D eigenvalue weighted by atomic mass is 16.5. The van der Waals surface area contributed by atoms with Crippen LogP contribution < -0.4 is 5.73 Å². The van der Waals surface area contributed by atoms with Crippen molar-refractivity contribution in [1.29, 1.82) is 0 Å². The first-order valence-corrected chi connectivity index (χ1v) is 7.16. The fraction of sp³-hybridized carbons (Fsp3) is 0.533. The quantitative estimate of drug-likeness (QED) is 0.928. The third kappa shape index (κ3) is 2.72. The van der Waals surface area contributed by atoms with E-state index in [0.717, 1.165) is 37.2 Å². The molecule has 2 aromatic heterocycles. The van der Waals surface area contributed by atoms with Gasteiger partial charge in [-0.15, -0.1) is 0 Å². The van der Waals surface area contributed by atoms with Crippen LogP contribution in [-0.2, 0) is 12.0 Å². The van der Waals surface area contributed by atoms with Crippen LogP contribution in [0, 0.1) is 5.92 Å². The zero-order chi connectivity index (χ0) is 14.0. The van der Waals surface area contributed by atoms with Crippen molar-refractivity contribution in [3.63, 3.8) is 0 Å². The summed E-state index contributed by atoms with van der Waals surface area (Å²) in [6.07, 6.45) is 8.28. The molecule has 5 nitrogen and oxygen atoms in total. The van der Waals surface area contributed by atoms with Gasteiger partial charge in [0.15, 0.2) is 5.82 Å². The second-order valence-electron chi connectivity index (χ2n) is 5.89. The van der Waals surface area contributed by atoms with E-state index in [4.69, 9.17) is 10.3 Å². The lowest BCUT2D eigenvalue weighted by atomic mass is 9.78. The van der Waals surface area contributed by atoms with Crippen LogP contribution in [0.2, 0.25) is 0 Å². The van der Waals surface area contributed by atoms with Crippen molar-refractivity contribution < 1.29 is 4.52 Å². The van der Waals surface area contributed by atoms with Gasteiger partial charge in [-0.05, 0) is 43.2 Å². The minimum Gasteiger partial charge on any atom is -0.337 e. The van der Waals surface area contributed by atoms with Crippen molar-refractivity contribution in [3.05, 3.63) is 41.8 Å². The lowest BCUT2D eigenvalue weighted by Crippen LogP contribution is -2.40. The first-order chi connectivity index (χ1) is 9.66. The molecule has 0 atom stereocenters. The molecule has 2 heterocycles. The molecule has 1 aliphatic carbocycles. The van der Waals surface area contributed by atoms with Crippen LogP contribution in [0.5, 0.6) is 0 Å². The molecule has 106 valence electrons. The summed E-state index contributed by atoms with van der Waals surface area (Å²) in [6, 6.07) is 3.91. The molecule has 1 aliphatic rings. The number of nitrogens with zero attached hydrogens (tertiary/aromatic N) is 3. The molecule has 1 saturated carbocycles. The molecule has 2 N–H and O–H groups in total. The summed E-state index contributed by atoms with van der Waals surface area (Å²) in [6.45, 7) is 2.27. The van der Waals surface area contributed by atoms with Gasteiger partial charge in [-0.1, -0.05) is 18.1 Å². The largest absolute Gasteiger partial charge is 0.337 e. The Morgan fingerprint density at radius 2 is 2.20 bits per heavy atom. The van der Waals surface area contributed by atoms with Crippen molar-refractivity contribution in [1.82, 2.24) is 15.1 Å². The van der Waals surface area contributed by atoms with Crippen molar-refractivity contribution in [3.8, 4) is 0 Å². The fourth-order valence-electron chi connectivity index (χ4n) is 2.70. The third-order valence-electron chi connectivity index (χ3n) is 4.15. The Hall–Kier alpha value is -1.75. The van der Waals surface area contributed by atoms with Gasteiger partial charge in [-0.2, -0.15) is 4.98 Å². The Labute approximate surface area is 118 Å². The molecular formula is C15H20N4O. The highest BCUT2D eigenvalue weighted by Gasteiger charge is 2.37. The first-order valence-electron chi connectivity index (χ1n) is 7.16. The standard InChI is InChI=1S/C15H20N4O/c1-11-4-6-15(16,7-5-11)14-18-13(19-20-14)9-12-3-2-8-17-10-12/h2-3,8,10-11H,4-7,9,16H2,1H3. The van der Waals surface area contributed by atoms with Crippen LogP contribution in [0.3, 0.4) is 0 Å². The van der Waals surface area contributed by atoms with Gasteiger partial charge in [0.1, 0.15) is 0 Å². The molecule has 0 saturated heterocycles. The number of rotatable bonds is 3. The van der Waals surface area contributed by atoms with Gasteiger partial charge in [0.25, 0.3) is 0 Å². The van der Waals surface area contributed by atoms with Gasteiger partial charge in [0.2, 0.25) is 5.89 Å². The Bertz CT molecular complexity index is 558. The summed E-state index contributed by atoms with van der Waals surface area (Å²) in [5.74, 6) is 2.00. The molecular weight excluding hydrogens is 252 g/mol. The van der Waals surface area contributed by atoms with Gasteiger partial charge in [-0.25, -0.2) is 0 Å². The topological polar surface area (TPSA) is 77.8 Å². The fourth-order valence-corrected chi connectivity index (χ4v) is 2.70. The van der Waals surface area contributed by atoms with E-state index in [0.29, 0.717) is 18.1 Å². The zero-order valence-electron chi connectivity index (χ0n) is 11.7. The van der Waals surface area contributed by atoms with E-state index in [2.05, 4.69) is 22.0 Å². The monoisotopic (exact) mass is 272 g/mol. The van der Waals surface area contributed by atoms with E-state index in [1.165, 1.54) is 0 Å². The highest BCUT2D eigenvalue weighted by molar-refractivity contribution is 5.14. The summed E-state index contributed by atoms with van der Waals surface area (Å²) < 4.78 is 5.41. The second-order valence-corrected chi connectivity index (χ2v) is 5.89. The number of aromatic nitrogens is 3. The highest BCUT2D eigenvalue weighted by Crippen LogP contribution is 2.36. The molecule has 5 heteroatoms. The summed E-state index contributed by atoms with van der Waals surface area (Å²) in [5.41, 5.74) is 7.08. The zero-order valence-corrected chi connectivity index (χ0v) is 11.7. The van der Waals surface area contributed by atoms with Gasteiger partial charge in [0, 0.05) is 18.8 Å². The van der Waals surface area contributed by atoms with Crippen LogP contribution in [0.15, 0.2) is 29.0 Å². The Kier molecular flexibility index (Phi) is 3.53. The number of hydrogen-bond donors (Lipinski definition) is 1. The van der Waals surface area contributed by atoms with Crippen molar-refractivity contribution in [2.75, 3.05) is 0 Å². The lowest BCUT2D eigenvalue weighted by Gasteiger charge is -2.32. The average molecular weight is 272 g/mol. The summed E-state index contributed by atoms with van der Waals surface area (Å²) in [4.78, 5) is 8.58. The number of hydrogen-bond acceptors (Lipinski definition) is 5. The molecule has 20 heavy (non-hydrogen) atoms. The predicted octanol–water partition coefficient (Wildman–Crippen LogP) is 2.42. The number of nitrogens with two attached hydrogens (primary N) is 1. The average Bonchev–Trinajstić information content (AvgIpc) is 2.93. The van der Waals surface area contributed by atoms with Crippen molar-refractivity contribution in [2.45, 2.75) is 44.6 Å². The van der Waals surface area contributed by atoms with Crippen molar-refractivity contribution >= 4 is 0 Å². The molecule has 0 radical (unpaired) electrons. The smallest absolute Gasteiger partial charge is 0.246 e. The minimum atomic E-state index is -0.438. The summed E-state index contributed by atoms with van der Waals surface area (Å²) in [5, 5.41) is 4.06. The third-order valence-corrected chi connectivity index (χ3v) is 4.15. The molecule has 0 bridgehead atoms. The molecule has 0 spiro atoms. The number of pyridine rings is 1. The maximum Gasteiger partial charge on any atom is 0.246 e. The van der Waals surface area contributed by atoms with E-state index in [1.54, 1.807) is 6.20 Å². The van der Waals surface area contributed by atoms with Crippen LogP contribution in [0.1, 0.15) is 49.9 Å². The second kappa shape index (κ2) is 5.32. The van der Waals surface area contributed by atoms with Gasteiger partial charge < -0.3 is 10.3 Å². The van der Waals surface area contributed by atoms with Gasteiger partial charge in [0.05, 0.1) is 5.54 Å². The van der Waals surface area contributed by atoms with E-state index in [-0.39, 0.29) is 0 Å². The first kappa shape index (κ1) is 13.2. The predicted molar refractivity (Wildman–Crippen MR) is 74.8 cm³/mol. The Morgan fingerprint density at radius 1 is 1.40 bits per heavy atom. The Balaban J connectivity index is 1.73. The molecule has 0 amide bonds. The SMILES string of the molecule is CC1CCC(N)(c2nc(Cc3cccnc3)no2)CC1. The van der Waals surface area contributed by atoms with Crippen LogP contribution in [0.25, 0.3) is 0 Å². The summed E-state index contributed by atoms with van der Waals surface area (Å²) >= 11 is 0. The molecule has 0 aliphatic heterocycles. The van der Waals surface area contributed by atoms with E-state index < -0.39 is 5.54 Å². The maximum atomic E-state index is 6.44. The lowest BCUT2D eigenvalue weighted by molar-refractivity contribution is 0.190. The molecule has 1 fully saturated rings. The maximum absolute atomic E-state index is 6.44. The van der Waals surface area contributed by atoms with E-state index >= 15 is 0 Å². The van der Waals surface area contributed by atoms with E-state index in [9.17, 15) is 0 Å². The van der Waals surface area contributed by atoms with Gasteiger partial charge >= 0.3 is 0 Å². The van der Waals surface area contributed by atoms with Crippen LogP contribution in [0.4, 0.5) is 0 Å². The van der Waals surface area contributed by atoms with Gasteiger partial charge in [-0.3, -0.25) is 4.98 Å². The normalized spacial score (nSPS) is 26.6. The molecule has 2 aromatic rings. The van der Waals surface area contributed by atoms with Crippen molar-refractivity contribution in [2.24, 2.45) is 11.7 Å². The van der Waals surface area contributed by atoms with E-state index in [1.807, 2.05) is 18.3 Å². The molecule has 3 rings (SSSR count).